The summed E-state index contributed by atoms with van der Waals surface area (Å²) in [6, 6.07) is 13.6. The number of anilines is 2. The van der Waals surface area contributed by atoms with Gasteiger partial charge in [-0.3, -0.25) is 14.5 Å². The molecule has 7 nitrogen and oxygen atoms in total. The van der Waals surface area contributed by atoms with Gasteiger partial charge in [-0.2, -0.15) is 0 Å². The lowest BCUT2D eigenvalue weighted by Crippen LogP contribution is -2.63. The van der Waals surface area contributed by atoms with Gasteiger partial charge in [0.25, 0.3) is 0 Å². The summed E-state index contributed by atoms with van der Waals surface area (Å²) < 4.78 is 30.4. The van der Waals surface area contributed by atoms with E-state index in [1.165, 1.54) is 9.80 Å². The Morgan fingerprint density at radius 3 is 2.32 bits per heavy atom. The highest BCUT2D eigenvalue weighted by Crippen LogP contribution is 2.34. The highest BCUT2D eigenvalue weighted by molar-refractivity contribution is 6.16. The average Bonchev–Trinajstić information content (AvgIpc) is 2.86. The number of carbonyl (C=O) groups excluding carboxylic acids is 3. The Balaban J connectivity index is 1.60. The van der Waals surface area contributed by atoms with Gasteiger partial charge in [-0.15, -0.1) is 0 Å². The Morgan fingerprint density at radius 1 is 1.03 bits per heavy atom. The second kappa shape index (κ2) is 10.8. The summed E-state index contributed by atoms with van der Waals surface area (Å²) in [4.78, 5) is 45.6. The number of hydrogen-bond acceptors (Lipinski definition) is 4. The summed E-state index contributed by atoms with van der Waals surface area (Å²) in [5.41, 5.74) is -0.0714. The number of nitrogens with zero attached hydrogens (tertiary/aromatic N) is 4. The van der Waals surface area contributed by atoms with Crippen molar-refractivity contribution in [1.82, 2.24) is 9.88 Å². The summed E-state index contributed by atoms with van der Waals surface area (Å²) in [6.45, 7) is 5.30. The summed E-state index contributed by atoms with van der Waals surface area (Å²) in [5, 5.41) is 0. The van der Waals surface area contributed by atoms with Crippen LogP contribution in [0.3, 0.4) is 0 Å². The molecule has 0 atom stereocenters. The molecule has 38 heavy (non-hydrogen) atoms. The third-order valence-electron chi connectivity index (χ3n) is 6.24. The van der Waals surface area contributed by atoms with Crippen LogP contribution in [-0.4, -0.2) is 46.9 Å². The number of hydrogen-bond donors (Lipinski definition) is 0. The first-order chi connectivity index (χ1) is 18.1. The van der Waals surface area contributed by atoms with Crippen molar-refractivity contribution in [2.45, 2.75) is 32.7 Å². The van der Waals surface area contributed by atoms with Gasteiger partial charge < -0.3 is 4.90 Å². The van der Waals surface area contributed by atoms with E-state index in [4.69, 9.17) is 0 Å². The maximum atomic E-state index is 15.2. The van der Waals surface area contributed by atoms with Crippen molar-refractivity contribution in [3.05, 3.63) is 89.1 Å². The number of benzene rings is 2. The van der Waals surface area contributed by atoms with E-state index in [2.05, 4.69) is 16.8 Å². The third-order valence-corrected chi connectivity index (χ3v) is 6.24. The van der Waals surface area contributed by atoms with Crippen LogP contribution in [0.2, 0.25) is 0 Å². The number of aromatic nitrogens is 1. The number of urea groups is 1. The van der Waals surface area contributed by atoms with Crippen molar-refractivity contribution in [3.63, 3.8) is 0 Å². The molecule has 0 unspecified atom stereocenters. The standard InChI is InChI=1S/C29H26F2N4O3/c1-20-11-12-32-25(15-20)33(19-36)13-14-34-28(38)35(26(37)18-29(34,2)3)27-23(30)16-22(17-24(27)31)10-9-21-7-5-4-6-8-21/h4-8,11-12,15-17,19H,13-14,18H2,1-3H3. The molecule has 0 spiro atoms. The quantitative estimate of drug-likeness (QED) is 0.353. The number of carbonyl (C=O) groups is 3. The van der Waals surface area contributed by atoms with Crippen molar-refractivity contribution in [2.24, 2.45) is 0 Å². The number of imide groups is 1. The number of pyridine rings is 1. The van der Waals surface area contributed by atoms with Crippen LogP contribution in [0.4, 0.5) is 25.1 Å². The molecule has 9 heteroatoms. The molecule has 0 radical (unpaired) electrons. The van der Waals surface area contributed by atoms with E-state index in [0.717, 1.165) is 17.7 Å². The molecule has 0 N–H and O–H groups in total. The van der Waals surface area contributed by atoms with E-state index in [0.29, 0.717) is 22.7 Å². The zero-order chi connectivity index (χ0) is 27.4. The molecule has 3 aromatic rings. The minimum atomic E-state index is -1.08. The van der Waals surface area contributed by atoms with Crippen LogP contribution in [-0.2, 0) is 9.59 Å². The van der Waals surface area contributed by atoms with E-state index in [9.17, 15) is 14.4 Å². The Kier molecular flexibility index (Phi) is 7.53. The first kappa shape index (κ1) is 26.5. The Hall–Kier alpha value is -4.58. The number of rotatable bonds is 6. The maximum Gasteiger partial charge on any atom is 0.332 e. The third kappa shape index (κ3) is 5.54. The van der Waals surface area contributed by atoms with E-state index in [1.807, 2.05) is 13.0 Å². The predicted molar refractivity (Wildman–Crippen MR) is 139 cm³/mol. The van der Waals surface area contributed by atoms with Gasteiger partial charge in [-0.25, -0.2) is 23.5 Å². The van der Waals surface area contributed by atoms with E-state index < -0.39 is 34.8 Å². The van der Waals surface area contributed by atoms with Crippen LogP contribution in [0.15, 0.2) is 60.8 Å². The van der Waals surface area contributed by atoms with Crippen LogP contribution < -0.4 is 9.80 Å². The lowest BCUT2D eigenvalue weighted by molar-refractivity contribution is -0.122. The molecule has 0 saturated carbocycles. The molecule has 4 rings (SSSR count). The lowest BCUT2D eigenvalue weighted by atomic mass is 9.94. The summed E-state index contributed by atoms with van der Waals surface area (Å²) in [6.07, 6.45) is 1.99. The van der Waals surface area contributed by atoms with Crippen molar-refractivity contribution < 1.29 is 23.2 Å². The van der Waals surface area contributed by atoms with Crippen molar-refractivity contribution >= 4 is 29.9 Å². The van der Waals surface area contributed by atoms with E-state index >= 15 is 8.78 Å². The second-order valence-corrected chi connectivity index (χ2v) is 9.55. The molecule has 2 heterocycles. The fourth-order valence-electron chi connectivity index (χ4n) is 4.27. The summed E-state index contributed by atoms with van der Waals surface area (Å²) in [5.74, 6) is 3.03. The van der Waals surface area contributed by atoms with Gasteiger partial charge in [0.1, 0.15) is 11.5 Å². The maximum absolute atomic E-state index is 15.2. The zero-order valence-electron chi connectivity index (χ0n) is 21.2. The van der Waals surface area contributed by atoms with Gasteiger partial charge >= 0.3 is 6.03 Å². The molecule has 4 amide bonds. The first-order valence-corrected chi connectivity index (χ1v) is 12.0. The molecule has 1 saturated heterocycles. The molecule has 0 bridgehead atoms. The van der Waals surface area contributed by atoms with E-state index in [1.54, 1.807) is 56.4 Å². The molecule has 1 aromatic heterocycles. The largest absolute Gasteiger partial charge is 0.332 e. The van der Waals surface area contributed by atoms with Crippen LogP contribution >= 0.6 is 0 Å². The van der Waals surface area contributed by atoms with Gasteiger partial charge in [0.15, 0.2) is 11.6 Å². The SMILES string of the molecule is Cc1ccnc(N(C=O)CCN2C(=O)N(c3c(F)cc(C#Cc4ccccc4)cc3F)C(=O)CC2(C)C)c1. The van der Waals surface area contributed by atoms with Gasteiger partial charge in [0, 0.05) is 36.0 Å². The minimum Gasteiger partial charge on any atom is -0.317 e. The Morgan fingerprint density at radius 2 is 1.68 bits per heavy atom. The normalized spacial score (nSPS) is 14.7. The number of amides is 4. The van der Waals surface area contributed by atoms with Gasteiger partial charge in [-0.1, -0.05) is 30.0 Å². The highest BCUT2D eigenvalue weighted by atomic mass is 19.1. The average molecular weight is 517 g/mol. The van der Waals surface area contributed by atoms with Crippen molar-refractivity contribution in [1.29, 1.82) is 0 Å². The summed E-state index contributed by atoms with van der Waals surface area (Å²) >= 11 is 0. The van der Waals surface area contributed by atoms with Gasteiger partial charge in [0.05, 0.1) is 6.42 Å². The minimum absolute atomic E-state index is 0.00779. The zero-order valence-corrected chi connectivity index (χ0v) is 21.2. The second-order valence-electron chi connectivity index (χ2n) is 9.55. The van der Waals surface area contributed by atoms with Crippen molar-refractivity contribution in [3.8, 4) is 11.8 Å². The molecule has 1 fully saturated rings. The number of halogens is 2. The molecule has 0 aliphatic carbocycles. The topological polar surface area (TPSA) is 73.8 Å². The molecule has 194 valence electrons. The number of aryl methyl sites for hydroxylation is 1. The van der Waals surface area contributed by atoms with Crippen LogP contribution in [0.25, 0.3) is 0 Å². The Bertz CT molecular complexity index is 1420. The predicted octanol–water partition coefficient (Wildman–Crippen LogP) is 4.67. The highest BCUT2D eigenvalue weighted by Gasteiger charge is 2.46. The van der Waals surface area contributed by atoms with Gasteiger partial charge in [-0.05, 0) is 62.7 Å². The summed E-state index contributed by atoms with van der Waals surface area (Å²) in [7, 11) is 0. The van der Waals surface area contributed by atoms with Crippen LogP contribution in [0.5, 0.6) is 0 Å². The monoisotopic (exact) mass is 516 g/mol. The fraction of sp³-hybridized carbons (Fsp3) is 0.241. The van der Waals surface area contributed by atoms with Gasteiger partial charge in [0.2, 0.25) is 12.3 Å². The smallest absolute Gasteiger partial charge is 0.317 e. The molecule has 1 aliphatic heterocycles. The van der Waals surface area contributed by atoms with Crippen LogP contribution in [0.1, 0.15) is 37.0 Å². The Labute approximate surface area is 219 Å². The first-order valence-electron chi connectivity index (χ1n) is 12.0. The lowest BCUT2D eigenvalue weighted by Gasteiger charge is -2.45. The molecule has 2 aromatic carbocycles. The fourth-order valence-corrected chi connectivity index (χ4v) is 4.27. The van der Waals surface area contributed by atoms with Crippen molar-refractivity contribution in [2.75, 3.05) is 22.9 Å². The van der Waals surface area contributed by atoms with E-state index in [-0.39, 0.29) is 25.1 Å². The molecule has 1 aliphatic rings. The van der Waals surface area contributed by atoms with Crippen LogP contribution in [0, 0.1) is 30.4 Å². The molecular formula is C29H26F2N4O3. The molecular weight excluding hydrogens is 490 g/mol.